The van der Waals surface area contributed by atoms with E-state index >= 15 is 0 Å². The topological polar surface area (TPSA) is 105 Å². The van der Waals surface area contributed by atoms with E-state index in [1.165, 1.54) is 6.07 Å². The molecule has 0 aliphatic carbocycles. The van der Waals surface area contributed by atoms with Crippen molar-refractivity contribution in [3.05, 3.63) is 59.9 Å². The van der Waals surface area contributed by atoms with Crippen LogP contribution in [0.3, 0.4) is 0 Å². The number of piperidine rings is 1. The SMILES string of the molecule is CCN(C(=O)OC(C)(C)C)C1CCN(c2ccc(C(=O)Nc3cc(F)c4nc(C)cn4c3)c3nnccc23)CC1. The van der Waals surface area contributed by atoms with Crippen LogP contribution in [0.25, 0.3) is 16.6 Å². The fraction of sp³-hybridized carbons (Fsp3) is 0.414. The quantitative estimate of drug-likeness (QED) is 0.366. The van der Waals surface area contributed by atoms with Gasteiger partial charge in [0, 0.05) is 55.2 Å². The number of aromatic nitrogens is 4. The van der Waals surface area contributed by atoms with Gasteiger partial charge in [0.05, 0.1) is 23.1 Å². The van der Waals surface area contributed by atoms with Crippen LogP contribution in [-0.4, -0.2) is 67.8 Å². The number of imidazole rings is 1. The summed E-state index contributed by atoms with van der Waals surface area (Å²) in [5, 5.41) is 11.9. The Morgan fingerprint density at radius 1 is 1.18 bits per heavy atom. The molecule has 1 aliphatic rings. The lowest BCUT2D eigenvalue weighted by Crippen LogP contribution is -2.48. The van der Waals surface area contributed by atoms with Crippen LogP contribution in [0.4, 0.5) is 20.6 Å². The van der Waals surface area contributed by atoms with Crippen LogP contribution in [0.1, 0.15) is 56.6 Å². The number of hydrogen-bond acceptors (Lipinski definition) is 7. The van der Waals surface area contributed by atoms with Gasteiger partial charge in [0.1, 0.15) is 11.1 Å². The Morgan fingerprint density at radius 2 is 1.93 bits per heavy atom. The van der Waals surface area contributed by atoms with E-state index < -0.39 is 17.3 Å². The third-order valence-corrected chi connectivity index (χ3v) is 7.00. The van der Waals surface area contributed by atoms with E-state index in [4.69, 9.17) is 4.74 Å². The molecule has 4 aromatic rings. The molecule has 10 nitrogen and oxygen atoms in total. The summed E-state index contributed by atoms with van der Waals surface area (Å²) in [6, 6.07) is 6.82. The summed E-state index contributed by atoms with van der Waals surface area (Å²) < 4.78 is 21.7. The maximum absolute atomic E-state index is 14.6. The van der Waals surface area contributed by atoms with Crippen molar-refractivity contribution in [2.45, 2.75) is 59.1 Å². The van der Waals surface area contributed by atoms with E-state index in [0.717, 1.165) is 37.0 Å². The monoisotopic (exact) mass is 547 g/mol. The second-order valence-electron chi connectivity index (χ2n) is 11.1. The Kier molecular flexibility index (Phi) is 7.31. The number of nitrogens with one attached hydrogen (secondary N) is 1. The molecule has 0 radical (unpaired) electrons. The molecule has 1 aliphatic heterocycles. The van der Waals surface area contributed by atoms with Crippen LogP contribution >= 0.6 is 0 Å². The number of benzene rings is 1. The van der Waals surface area contributed by atoms with Gasteiger partial charge in [0.2, 0.25) is 0 Å². The highest BCUT2D eigenvalue weighted by Gasteiger charge is 2.31. The van der Waals surface area contributed by atoms with Crippen molar-refractivity contribution in [2.24, 2.45) is 0 Å². The molecule has 1 fully saturated rings. The van der Waals surface area contributed by atoms with Crippen LogP contribution in [0.5, 0.6) is 0 Å². The lowest BCUT2D eigenvalue weighted by Gasteiger charge is -2.39. The minimum atomic E-state index is -0.543. The molecule has 0 unspecified atom stereocenters. The van der Waals surface area contributed by atoms with Gasteiger partial charge in [-0.05, 0) is 65.7 Å². The smallest absolute Gasteiger partial charge is 0.410 e. The summed E-state index contributed by atoms with van der Waals surface area (Å²) in [7, 11) is 0. The van der Waals surface area contributed by atoms with Crippen molar-refractivity contribution < 1.29 is 18.7 Å². The Morgan fingerprint density at radius 3 is 2.62 bits per heavy atom. The van der Waals surface area contributed by atoms with Crippen molar-refractivity contribution in [3.8, 4) is 0 Å². The lowest BCUT2D eigenvalue weighted by atomic mass is 10.0. The van der Waals surface area contributed by atoms with E-state index in [1.807, 2.05) is 44.7 Å². The van der Waals surface area contributed by atoms with Gasteiger partial charge in [-0.1, -0.05) is 0 Å². The fourth-order valence-corrected chi connectivity index (χ4v) is 5.25. The summed E-state index contributed by atoms with van der Waals surface area (Å²) in [5.41, 5.74) is 2.39. The Hall–Kier alpha value is -4.28. The first-order valence-electron chi connectivity index (χ1n) is 13.5. The maximum atomic E-state index is 14.6. The number of aryl methyl sites for hydroxylation is 1. The molecule has 0 atom stereocenters. The lowest BCUT2D eigenvalue weighted by molar-refractivity contribution is 0.0149. The third kappa shape index (κ3) is 5.54. The van der Waals surface area contributed by atoms with E-state index in [1.54, 1.807) is 36.0 Å². The van der Waals surface area contributed by atoms with Crippen LogP contribution in [0.2, 0.25) is 0 Å². The first-order valence-corrected chi connectivity index (χ1v) is 13.5. The minimum absolute atomic E-state index is 0.0872. The zero-order valence-corrected chi connectivity index (χ0v) is 23.4. The zero-order chi connectivity index (χ0) is 28.6. The Labute approximate surface area is 232 Å². The van der Waals surface area contributed by atoms with Crippen LogP contribution in [-0.2, 0) is 4.74 Å². The number of hydrogen-bond donors (Lipinski definition) is 1. The molecule has 0 bridgehead atoms. The van der Waals surface area contributed by atoms with Crippen molar-refractivity contribution in [3.63, 3.8) is 0 Å². The normalized spacial score (nSPS) is 14.5. The van der Waals surface area contributed by atoms with E-state index in [2.05, 4.69) is 25.4 Å². The minimum Gasteiger partial charge on any atom is -0.444 e. The molecule has 2 amide bonds. The third-order valence-electron chi connectivity index (χ3n) is 7.00. The number of pyridine rings is 1. The number of fused-ring (bicyclic) bond motifs is 2. The number of rotatable bonds is 5. The molecule has 4 heterocycles. The predicted molar refractivity (Wildman–Crippen MR) is 151 cm³/mol. The standard InChI is InChI=1S/C29H34FN7O3/c1-6-37(28(39)40-29(3,4)5)20-10-13-35(14-11-20)24-8-7-22(25-21(24)9-12-31-34-25)27(38)33-19-15-23(30)26-32-18(2)16-36(26)17-19/h7-9,12,15-17,20H,6,10-11,13-14H2,1-5H3,(H,33,38). The zero-order valence-electron chi connectivity index (χ0n) is 23.4. The molecule has 0 saturated carbocycles. The van der Waals surface area contributed by atoms with Gasteiger partial charge in [-0.2, -0.15) is 5.10 Å². The Balaban J connectivity index is 1.34. The second kappa shape index (κ2) is 10.7. The Bertz CT molecular complexity index is 1570. The molecule has 1 N–H and O–H groups in total. The summed E-state index contributed by atoms with van der Waals surface area (Å²) in [6.45, 7) is 11.4. The van der Waals surface area contributed by atoms with Gasteiger partial charge in [0.25, 0.3) is 5.91 Å². The number of nitrogens with zero attached hydrogens (tertiary/aromatic N) is 6. The summed E-state index contributed by atoms with van der Waals surface area (Å²) in [5.74, 6) is -0.940. The molecule has 1 saturated heterocycles. The number of ether oxygens (including phenoxy) is 1. The van der Waals surface area contributed by atoms with Crippen LogP contribution < -0.4 is 10.2 Å². The van der Waals surface area contributed by atoms with Crippen molar-refractivity contribution in [1.82, 2.24) is 24.5 Å². The maximum Gasteiger partial charge on any atom is 0.410 e. The highest BCUT2D eigenvalue weighted by molar-refractivity contribution is 6.13. The first kappa shape index (κ1) is 27.3. The molecule has 0 spiro atoms. The molecule has 11 heteroatoms. The summed E-state index contributed by atoms with van der Waals surface area (Å²) in [6.07, 6.45) is 6.21. The number of carbonyl (C=O) groups excluding carboxylic acids is 2. The molecule has 210 valence electrons. The predicted octanol–water partition coefficient (Wildman–Crippen LogP) is 5.20. The second-order valence-corrected chi connectivity index (χ2v) is 11.1. The largest absolute Gasteiger partial charge is 0.444 e. The number of amides is 2. The van der Waals surface area contributed by atoms with Gasteiger partial charge in [0.15, 0.2) is 11.5 Å². The van der Waals surface area contributed by atoms with Crippen molar-refractivity contribution in [1.29, 1.82) is 0 Å². The van der Waals surface area contributed by atoms with Gasteiger partial charge >= 0.3 is 6.09 Å². The average molecular weight is 548 g/mol. The average Bonchev–Trinajstić information content (AvgIpc) is 3.28. The van der Waals surface area contributed by atoms with Crippen molar-refractivity contribution >= 4 is 39.9 Å². The van der Waals surface area contributed by atoms with Crippen molar-refractivity contribution in [2.75, 3.05) is 29.9 Å². The summed E-state index contributed by atoms with van der Waals surface area (Å²) in [4.78, 5) is 34.2. The molecule has 3 aromatic heterocycles. The highest BCUT2D eigenvalue weighted by Crippen LogP contribution is 2.31. The summed E-state index contributed by atoms with van der Waals surface area (Å²) >= 11 is 0. The molecule has 5 rings (SSSR count). The van der Waals surface area contributed by atoms with Gasteiger partial charge in [-0.3, -0.25) is 4.79 Å². The molecule has 40 heavy (non-hydrogen) atoms. The van der Waals surface area contributed by atoms with Gasteiger partial charge < -0.3 is 24.3 Å². The fourth-order valence-electron chi connectivity index (χ4n) is 5.25. The van der Waals surface area contributed by atoms with E-state index in [9.17, 15) is 14.0 Å². The number of anilines is 2. The van der Waals surface area contributed by atoms with E-state index in [-0.39, 0.29) is 17.8 Å². The van der Waals surface area contributed by atoms with Gasteiger partial charge in [-0.25, -0.2) is 14.2 Å². The molecular formula is C29H34FN7O3. The van der Waals surface area contributed by atoms with E-state index in [0.29, 0.717) is 29.0 Å². The highest BCUT2D eigenvalue weighted by atomic mass is 19.1. The molecular weight excluding hydrogens is 513 g/mol. The number of carbonyl (C=O) groups is 2. The molecule has 1 aromatic carbocycles. The number of halogens is 1. The van der Waals surface area contributed by atoms with Gasteiger partial charge in [-0.15, -0.1) is 5.10 Å². The first-order chi connectivity index (χ1) is 19.0. The van der Waals surface area contributed by atoms with Crippen LogP contribution in [0, 0.1) is 12.7 Å². The van der Waals surface area contributed by atoms with Crippen LogP contribution in [0.15, 0.2) is 42.9 Å².